The van der Waals surface area contributed by atoms with Crippen molar-refractivity contribution in [3.63, 3.8) is 0 Å². The van der Waals surface area contributed by atoms with Crippen molar-refractivity contribution in [2.24, 2.45) is 5.14 Å². The number of anilines is 1. The molecule has 0 radical (unpaired) electrons. The molecule has 1 saturated heterocycles. The lowest BCUT2D eigenvalue weighted by atomic mass is 10.1. The highest BCUT2D eigenvalue weighted by atomic mass is 35.5. The van der Waals surface area contributed by atoms with Crippen molar-refractivity contribution in [1.29, 1.82) is 0 Å². The highest BCUT2D eigenvalue weighted by Gasteiger charge is 2.21. The van der Waals surface area contributed by atoms with Crippen molar-refractivity contribution in [2.75, 3.05) is 37.7 Å². The van der Waals surface area contributed by atoms with Gasteiger partial charge in [0, 0.05) is 35.4 Å². The third-order valence-corrected chi connectivity index (χ3v) is 6.09. The number of carbonyl (C=O) groups is 1. The van der Waals surface area contributed by atoms with Gasteiger partial charge in [0.05, 0.1) is 23.7 Å². The summed E-state index contributed by atoms with van der Waals surface area (Å²) in [5.41, 5.74) is 1.74. The molecule has 0 bridgehead atoms. The van der Waals surface area contributed by atoms with Gasteiger partial charge in [0.2, 0.25) is 10.0 Å². The molecule has 156 valence electrons. The Morgan fingerprint density at radius 1 is 1.14 bits per heavy atom. The van der Waals surface area contributed by atoms with Gasteiger partial charge in [-0.1, -0.05) is 29.3 Å². The van der Waals surface area contributed by atoms with Crippen LogP contribution in [0.3, 0.4) is 0 Å². The number of sulfonamides is 1. The molecule has 1 aliphatic heterocycles. The lowest BCUT2D eigenvalue weighted by Crippen LogP contribution is -2.38. The van der Waals surface area contributed by atoms with Gasteiger partial charge in [-0.05, 0) is 42.3 Å². The fourth-order valence-electron chi connectivity index (χ4n) is 3.08. The molecule has 0 aromatic heterocycles. The van der Waals surface area contributed by atoms with Gasteiger partial charge in [-0.15, -0.1) is 0 Å². The number of hydrogen-bond donors (Lipinski definition) is 2. The SMILES string of the molecule is NS(=O)(=O)c1ccc(N2CCOCC2)c(C(=O)NCCc2ccc(Cl)cc2Cl)c1. The third-order valence-electron chi connectivity index (χ3n) is 4.59. The number of primary sulfonamides is 1. The highest BCUT2D eigenvalue weighted by Crippen LogP contribution is 2.25. The number of nitrogens with two attached hydrogens (primary N) is 1. The summed E-state index contributed by atoms with van der Waals surface area (Å²) in [6, 6.07) is 9.51. The summed E-state index contributed by atoms with van der Waals surface area (Å²) >= 11 is 12.1. The van der Waals surface area contributed by atoms with E-state index < -0.39 is 10.0 Å². The van der Waals surface area contributed by atoms with Gasteiger partial charge in [-0.25, -0.2) is 13.6 Å². The summed E-state index contributed by atoms with van der Waals surface area (Å²) in [5.74, 6) is -0.387. The average Bonchev–Trinajstić information content (AvgIpc) is 2.69. The van der Waals surface area contributed by atoms with E-state index in [1.807, 2.05) is 4.90 Å². The Morgan fingerprint density at radius 3 is 2.52 bits per heavy atom. The van der Waals surface area contributed by atoms with E-state index in [9.17, 15) is 13.2 Å². The maximum absolute atomic E-state index is 12.9. The van der Waals surface area contributed by atoms with Gasteiger partial charge < -0.3 is 15.0 Å². The number of hydrogen-bond acceptors (Lipinski definition) is 5. The van der Waals surface area contributed by atoms with Gasteiger partial charge in [0.15, 0.2) is 0 Å². The van der Waals surface area contributed by atoms with Gasteiger partial charge in [0.1, 0.15) is 0 Å². The van der Waals surface area contributed by atoms with Gasteiger partial charge in [0.25, 0.3) is 5.91 Å². The molecule has 0 aliphatic carbocycles. The largest absolute Gasteiger partial charge is 0.378 e. The van der Waals surface area contributed by atoms with Crippen LogP contribution in [0.5, 0.6) is 0 Å². The minimum Gasteiger partial charge on any atom is -0.378 e. The van der Waals surface area contributed by atoms with E-state index in [0.717, 1.165) is 5.56 Å². The second-order valence-corrected chi connectivity index (χ2v) is 8.97. The summed E-state index contributed by atoms with van der Waals surface area (Å²) in [5, 5.41) is 9.13. The average molecular weight is 458 g/mol. The van der Waals surface area contributed by atoms with Crippen LogP contribution in [0.1, 0.15) is 15.9 Å². The fraction of sp³-hybridized carbons (Fsp3) is 0.316. The molecule has 7 nitrogen and oxygen atoms in total. The third kappa shape index (κ3) is 5.61. The number of nitrogens with one attached hydrogen (secondary N) is 1. The Kier molecular flexibility index (Phi) is 7.02. The molecule has 1 heterocycles. The van der Waals surface area contributed by atoms with Crippen LogP contribution in [0, 0.1) is 0 Å². The second kappa shape index (κ2) is 9.32. The number of nitrogens with zero attached hydrogens (tertiary/aromatic N) is 1. The maximum atomic E-state index is 12.9. The number of benzene rings is 2. The van der Waals surface area contributed by atoms with E-state index in [0.29, 0.717) is 55.0 Å². The molecule has 29 heavy (non-hydrogen) atoms. The number of ether oxygens (including phenoxy) is 1. The van der Waals surface area contributed by atoms with Crippen molar-refractivity contribution in [1.82, 2.24) is 5.32 Å². The molecule has 0 unspecified atom stereocenters. The molecular weight excluding hydrogens is 437 g/mol. The molecule has 1 fully saturated rings. The lowest BCUT2D eigenvalue weighted by molar-refractivity contribution is 0.0952. The quantitative estimate of drug-likeness (QED) is 0.693. The van der Waals surface area contributed by atoms with E-state index in [4.69, 9.17) is 33.1 Å². The van der Waals surface area contributed by atoms with Crippen molar-refractivity contribution < 1.29 is 17.9 Å². The van der Waals surface area contributed by atoms with Crippen LogP contribution in [0.4, 0.5) is 5.69 Å². The lowest BCUT2D eigenvalue weighted by Gasteiger charge is -2.30. The normalized spacial score (nSPS) is 14.7. The summed E-state index contributed by atoms with van der Waals surface area (Å²) in [6.45, 7) is 2.60. The minimum atomic E-state index is -3.93. The van der Waals surface area contributed by atoms with Crippen LogP contribution in [-0.2, 0) is 21.2 Å². The predicted molar refractivity (Wildman–Crippen MR) is 113 cm³/mol. The molecule has 3 N–H and O–H groups in total. The molecule has 10 heteroatoms. The van der Waals surface area contributed by atoms with Crippen molar-refractivity contribution >= 4 is 44.8 Å². The van der Waals surface area contributed by atoms with Gasteiger partial charge in [-0.3, -0.25) is 4.79 Å². The fourth-order valence-corrected chi connectivity index (χ4v) is 4.13. The predicted octanol–water partition coefficient (Wildman–Crippen LogP) is 2.45. The molecule has 2 aromatic carbocycles. The summed E-state index contributed by atoms with van der Waals surface area (Å²) in [4.78, 5) is 14.7. The van der Waals surface area contributed by atoms with E-state index in [2.05, 4.69) is 5.32 Å². The number of amides is 1. The standard InChI is InChI=1S/C19H21Cl2N3O4S/c20-14-2-1-13(17(21)11-14)5-6-23-19(25)16-12-15(29(22,26)27)3-4-18(16)24-7-9-28-10-8-24/h1-4,11-12H,5-10H2,(H,23,25)(H2,22,26,27). The summed E-state index contributed by atoms with van der Waals surface area (Å²) in [6.07, 6.45) is 0.503. The Bertz CT molecular complexity index is 1010. The molecular formula is C19H21Cl2N3O4S. The molecule has 1 amide bonds. The molecule has 1 aliphatic rings. The molecule has 0 atom stereocenters. The topological polar surface area (TPSA) is 102 Å². The monoisotopic (exact) mass is 457 g/mol. The Labute approximate surface area is 179 Å². The van der Waals surface area contributed by atoms with E-state index in [1.165, 1.54) is 12.1 Å². The second-order valence-electron chi connectivity index (χ2n) is 6.57. The first-order chi connectivity index (χ1) is 13.8. The first-order valence-electron chi connectivity index (χ1n) is 8.97. The van der Waals surface area contributed by atoms with Crippen LogP contribution in [0.2, 0.25) is 10.0 Å². The van der Waals surface area contributed by atoms with E-state index in [-0.39, 0.29) is 16.4 Å². The summed E-state index contributed by atoms with van der Waals surface area (Å²) in [7, 11) is -3.93. The first-order valence-corrected chi connectivity index (χ1v) is 11.3. The Hall–Kier alpha value is -1.84. The molecule has 3 rings (SSSR count). The van der Waals surface area contributed by atoms with Crippen molar-refractivity contribution in [2.45, 2.75) is 11.3 Å². The van der Waals surface area contributed by atoms with Crippen molar-refractivity contribution in [3.8, 4) is 0 Å². The van der Waals surface area contributed by atoms with Crippen LogP contribution in [0.25, 0.3) is 0 Å². The van der Waals surface area contributed by atoms with Gasteiger partial charge in [-0.2, -0.15) is 0 Å². The van der Waals surface area contributed by atoms with Crippen molar-refractivity contribution in [3.05, 3.63) is 57.6 Å². The number of halogens is 2. The number of carbonyl (C=O) groups excluding carboxylic acids is 1. The minimum absolute atomic E-state index is 0.111. The first kappa shape index (κ1) is 21.9. The number of morpholine rings is 1. The van der Waals surface area contributed by atoms with E-state index >= 15 is 0 Å². The molecule has 2 aromatic rings. The molecule has 0 saturated carbocycles. The Balaban J connectivity index is 1.79. The highest BCUT2D eigenvalue weighted by molar-refractivity contribution is 7.89. The zero-order valence-electron chi connectivity index (χ0n) is 15.5. The number of rotatable bonds is 6. The van der Waals surface area contributed by atoms with E-state index in [1.54, 1.807) is 24.3 Å². The van der Waals surface area contributed by atoms with Gasteiger partial charge >= 0.3 is 0 Å². The maximum Gasteiger partial charge on any atom is 0.253 e. The Morgan fingerprint density at radius 2 is 1.86 bits per heavy atom. The van der Waals surface area contributed by atoms with Crippen LogP contribution < -0.4 is 15.4 Å². The zero-order chi connectivity index (χ0) is 21.0. The smallest absolute Gasteiger partial charge is 0.253 e. The summed E-state index contributed by atoms with van der Waals surface area (Å²) < 4.78 is 28.8. The zero-order valence-corrected chi connectivity index (χ0v) is 17.9. The van der Waals surface area contributed by atoms with Crippen LogP contribution in [-0.4, -0.2) is 47.2 Å². The molecule has 0 spiro atoms. The van der Waals surface area contributed by atoms with Crippen LogP contribution >= 0.6 is 23.2 Å². The van der Waals surface area contributed by atoms with Crippen LogP contribution in [0.15, 0.2) is 41.3 Å².